The summed E-state index contributed by atoms with van der Waals surface area (Å²) in [6, 6.07) is 5.04. The topological polar surface area (TPSA) is 47.2 Å². The molecule has 28 heavy (non-hydrogen) atoms. The van der Waals surface area contributed by atoms with Crippen molar-refractivity contribution < 1.29 is 23.7 Å². The number of ether oxygens (including phenoxy) is 1. The van der Waals surface area contributed by atoms with E-state index in [4.69, 9.17) is 4.74 Å². The van der Waals surface area contributed by atoms with Crippen LogP contribution in [-0.4, -0.2) is 51.3 Å². The summed E-state index contributed by atoms with van der Waals surface area (Å²) in [6.45, 7) is 8.94. The summed E-state index contributed by atoms with van der Waals surface area (Å²) in [5.74, 6) is 1.31. The number of nitrogens with one attached hydrogen (secondary N) is 3. The fourth-order valence-corrected chi connectivity index (χ4v) is 4.71. The Morgan fingerprint density at radius 2 is 1.96 bits per heavy atom. The highest BCUT2D eigenvalue weighted by Gasteiger charge is 2.33. The maximum atomic E-state index is 13.6. The Kier molecular flexibility index (Phi) is 7.30. The molecule has 2 aliphatic rings. The predicted octanol–water partition coefficient (Wildman–Crippen LogP) is 0.201. The van der Waals surface area contributed by atoms with E-state index in [0.29, 0.717) is 12.0 Å². The van der Waals surface area contributed by atoms with Crippen molar-refractivity contribution in [3.63, 3.8) is 0 Å². The Bertz CT molecular complexity index is 661. The molecule has 2 fully saturated rings. The lowest BCUT2D eigenvalue weighted by Gasteiger charge is -2.35. The highest BCUT2D eigenvalue weighted by molar-refractivity contribution is 5.80. The number of hydrogen-bond donors (Lipinski definition) is 3. The third-order valence-corrected chi connectivity index (χ3v) is 6.73. The number of methoxy groups -OCH3 is 1. The van der Waals surface area contributed by atoms with Crippen LogP contribution in [0.5, 0.6) is 5.75 Å². The van der Waals surface area contributed by atoms with E-state index >= 15 is 0 Å². The Morgan fingerprint density at radius 1 is 1.25 bits per heavy atom. The number of halogens is 1. The second kappa shape index (κ2) is 9.70. The molecular weight excluding hydrogens is 357 g/mol. The van der Waals surface area contributed by atoms with Gasteiger partial charge in [-0.15, -0.1) is 0 Å². The molecule has 1 aromatic carbocycles. The number of carbonyl (C=O) groups excluding carboxylic acids is 1. The van der Waals surface area contributed by atoms with Gasteiger partial charge in [-0.2, -0.15) is 0 Å². The minimum Gasteiger partial charge on any atom is -0.496 e. The Balaban J connectivity index is 1.49. The summed E-state index contributed by atoms with van der Waals surface area (Å²) in [5.41, 5.74) is 0.915. The van der Waals surface area contributed by atoms with E-state index < -0.39 is 0 Å². The van der Waals surface area contributed by atoms with Crippen molar-refractivity contribution in [2.24, 2.45) is 5.92 Å². The van der Waals surface area contributed by atoms with Crippen LogP contribution < -0.4 is 19.9 Å². The largest absolute Gasteiger partial charge is 0.496 e. The van der Waals surface area contributed by atoms with Crippen LogP contribution in [-0.2, 0) is 11.3 Å². The van der Waals surface area contributed by atoms with Gasteiger partial charge >= 0.3 is 0 Å². The van der Waals surface area contributed by atoms with Gasteiger partial charge in [0.1, 0.15) is 44.3 Å². The van der Waals surface area contributed by atoms with Crippen molar-refractivity contribution in [1.29, 1.82) is 0 Å². The molecule has 1 saturated carbocycles. The number of hydrogen-bond acceptors (Lipinski definition) is 2. The molecule has 1 amide bonds. The van der Waals surface area contributed by atoms with Gasteiger partial charge in [0, 0.05) is 6.04 Å². The van der Waals surface area contributed by atoms with E-state index in [1.54, 1.807) is 19.2 Å². The van der Waals surface area contributed by atoms with Crippen molar-refractivity contribution in [1.82, 2.24) is 5.32 Å². The summed E-state index contributed by atoms with van der Waals surface area (Å²) in [6.07, 6.45) is 4.84. The fraction of sp³-hybridized carbons (Fsp3) is 0.682. The molecule has 3 atom stereocenters. The third-order valence-electron chi connectivity index (χ3n) is 6.73. The third kappa shape index (κ3) is 5.23. The van der Waals surface area contributed by atoms with Gasteiger partial charge in [-0.05, 0) is 43.9 Å². The molecule has 3 N–H and O–H groups in total. The number of carbonyl (C=O) groups is 1. The maximum Gasteiger partial charge on any atom is 0.278 e. The minimum atomic E-state index is -0.221. The second-order valence-electron chi connectivity index (χ2n) is 8.64. The van der Waals surface area contributed by atoms with Crippen molar-refractivity contribution in [3.8, 4) is 5.75 Å². The Morgan fingerprint density at radius 3 is 2.64 bits per heavy atom. The van der Waals surface area contributed by atoms with Gasteiger partial charge in [-0.1, -0.05) is 19.8 Å². The van der Waals surface area contributed by atoms with E-state index in [1.807, 2.05) is 0 Å². The van der Waals surface area contributed by atoms with Gasteiger partial charge in [0.2, 0.25) is 0 Å². The summed E-state index contributed by atoms with van der Waals surface area (Å²) >= 11 is 0. The Hall–Kier alpha value is -1.66. The van der Waals surface area contributed by atoms with E-state index in [-0.39, 0.29) is 17.8 Å². The molecule has 1 aliphatic carbocycles. The van der Waals surface area contributed by atoms with Gasteiger partial charge in [0.15, 0.2) is 6.04 Å². The summed E-state index contributed by atoms with van der Waals surface area (Å²) in [7, 11) is 1.63. The van der Waals surface area contributed by atoms with Gasteiger partial charge in [0.05, 0.1) is 12.7 Å². The number of amides is 1. The molecule has 0 spiro atoms. The second-order valence-corrected chi connectivity index (χ2v) is 8.64. The number of quaternary nitrogens is 2. The van der Waals surface area contributed by atoms with Crippen LogP contribution in [0.4, 0.5) is 4.39 Å². The Labute approximate surface area is 168 Å². The molecule has 1 saturated heterocycles. The number of benzene rings is 1. The van der Waals surface area contributed by atoms with Crippen molar-refractivity contribution in [2.45, 2.75) is 58.2 Å². The summed E-state index contributed by atoms with van der Waals surface area (Å²) < 4.78 is 19.0. The van der Waals surface area contributed by atoms with Gasteiger partial charge in [-0.25, -0.2) is 4.39 Å². The summed E-state index contributed by atoms with van der Waals surface area (Å²) in [4.78, 5) is 15.5. The van der Waals surface area contributed by atoms with Gasteiger partial charge < -0.3 is 19.9 Å². The first-order valence-electron chi connectivity index (χ1n) is 10.8. The number of rotatable bonds is 6. The molecule has 1 aliphatic heterocycles. The van der Waals surface area contributed by atoms with Crippen molar-refractivity contribution in [2.75, 3.05) is 33.3 Å². The standard InChI is InChI=1S/C22H34FN3O2/c1-16-6-4-5-7-20(16)24-22(27)17(2)26-12-10-25(11-13-26)15-18-14-19(23)8-9-21(18)28-3/h8-9,14,16-17,20H,4-7,10-13,15H2,1-3H3,(H,24,27)/p+2/t16-,17+,20-/m0/s1. The highest BCUT2D eigenvalue weighted by Crippen LogP contribution is 2.23. The van der Waals surface area contributed by atoms with Gasteiger partial charge in [-0.3, -0.25) is 4.79 Å². The van der Waals surface area contributed by atoms with E-state index in [2.05, 4.69) is 19.2 Å². The molecule has 156 valence electrons. The highest BCUT2D eigenvalue weighted by atomic mass is 19.1. The molecule has 1 heterocycles. The van der Waals surface area contributed by atoms with E-state index in [1.165, 1.54) is 35.1 Å². The minimum absolute atomic E-state index is 0.0145. The monoisotopic (exact) mass is 393 g/mol. The van der Waals surface area contributed by atoms with Crippen LogP contribution in [0.25, 0.3) is 0 Å². The normalized spacial score (nSPS) is 29.1. The van der Waals surface area contributed by atoms with Crippen LogP contribution >= 0.6 is 0 Å². The number of piperazine rings is 1. The van der Waals surface area contributed by atoms with Gasteiger partial charge in [0.25, 0.3) is 5.91 Å². The molecule has 6 heteroatoms. The fourth-order valence-electron chi connectivity index (χ4n) is 4.71. The molecular formula is C22H36FN3O2+2. The van der Waals surface area contributed by atoms with E-state index in [9.17, 15) is 9.18 Å². The molecule has 0 unspecified atom stereocenters. The molecule has 0 bridgehead atoms. The zero-order chi connectivity index (χ0) is 20.1. The quantitative estimate of drug-likeness (QED) is 0.647. The van der Waals surface area contributed by atoms with E-state index in [0.717, 1.165) is 50.5 Å². The molecule has 3 rings (SSSR count). The van der Waals surface area contributed by atoms with Crippen LogP contribution in [0, 0.1) is 11.7 Å². The lowest BCUT2D eigenvalue weighted by Crippen LogP contribution is -3.29. The van der Waals surface area contributed by atoms with Crippen LogP contribution in [0.3, 0.4) is 0 Å². The lowest BCUT2D eigenvalue weighted by atomic mass is 9.86. The zero-order valence-electron chi connectivity index (χ0n) is 17.5. The first-order chi connectivity index (χ1) is 13.5. The van der Waals surface area contributed by atoms with Crippen LogP contribution in [0.15, 0.2) is 18.2 Å². The summed E-state index contributed by atoms with van der Waals surface area (Å²) in [5, 5.41) is 3.31. The predicted molar refractivity (Wildman–Crippen MR) is 107 cm³/mol. The molecule has 0 aromatic heterocycles. The SMILES string of the molecule is COc1ccc(F)cc1C[NH+]1CC[NH+]([C@H](C)C(=O)N[C@H]2CCCC[C@@H]2C)CC1. The molecule has 5 nitrogen and oxygen atoms in total. The van der Waals surface area contributed by atoms with Crippen molar-refractivity contribution >= 4 is 5.91 Å². The van der Waals surface area contributed by atoms with Crippen molar-refractivity contribution in [3.05, 3.63) is 29.6 Å². The first kappa shape index (κ1) is 21.1. The average molecular weight is 394 g/mol. The average Bonchev–Trinajstić information content (AvgIpc) is 2.70. The smallest absolute Gasteiger partial charge is 0.278 e. The van der Waals surface area contributed by atoms with Crippen LogP contribution in [0.2, 0.25) is 0 Å². The maximum absolute atomic E-state index is 13.6. The molecule has 1 aromatic rings. The van der Waals surface area contributed by atoms with Crippen LogP contribution in [0.1, 0.15) is 45.1 Å². The zero-order valence-corrected chi connectivity index (χ0v) is 17.5. The lowest BCUT2D eigenvalue weighted by molar-refractivity contribution is -1.02. The molecule has 0 radical (unpaired) electrons. The first-order valence-corrected chi connectivity index (χ1v) is 10.8.